The number of benzene rings is 1. The number of carbonyl (C=O) groups is 2. The quantitative estimate of drug-likeness (QED) is 0.832. The molecule has 4 rings (SSSR count). The Hall–Kier alpha value is -2.24. The third-order valence-corrected chi connectivity index (χ3v) is 5.11. The molecule has 1 aromatic rings. The van der Waals surface area contributed by atoms with Crippen LogP contribution in [-0.4, -0.2) is 43.1 Å². The van der Waals surface area contributed by atoms with E-state index in [0.29, 0.717) is 24.0 Å². The lowest BCUT2D eigenvalue weighted by Gasteiger charge is -2.32. The van der Waals surface area contributed by atoms with Gasteiger partial charge in [-0.05, 0) is 30.9 Å². The Morgan fingerprint density at radius 1 is 1.21 bits per heavy atom. The highest BCUT2D eigenvalue weighted by Gasteiger charge is 2.38. The van der Waals surface area contributed by atoms with Gasteiger partial charge in [0.2, 0.25) is 18.6 Å². The Morgan fingerprint density at radius 2 is 2.04 bits per heavy atom. The van der Waals surface area contributed by atoms with Gasteiger partial charge in [-0.25, -0.2) is 0 Å². The van der Waals surface area contributed by atoms with Crippen LogP contribution in [0.25, 0.3) is 0 Å². The van der Waals surface area contributed by atoms with Gasteiger partial charge >= 0.3 is 0 Å². The molecule has 2 atom stereocenters. The van der Waals surface area contributed by atoms with Crippen LogP contribution in [0, 0.1) is 11.8 Å². The Labute approximate surface area is 141 Å². The van der Waals surface area contributed by atoms with Gasteiger partial charge in [0.15, 0.2) is 11.5 Å². The van der Waals surface area contributed by atoms with Gasteiger partial charge in [0.05, 0.1) is 5.92 Å². The number of anilines is 1. The van der Waals surface area contributed by atoms with E-state index in [1.807, 2.05) is 23.1 Å². The van der Waals surface area contributed by atoms with Crippen molar-refractivity contribution in [3.63, 3.8) is 0 Å². The summed E-state index contributed by atoms with van der Waals surface area (Å²) in [5.41, 5.74) is 0.770. The number of hydrogen-bond donors (Lipinski definition) is 0. The maximum absolute atomic E-state index is 12.8. The van der Waals surface area contributed by atoms with E-state index in [2.05, 4.69) is 6.92 Å². The first kappa shape index (κ1) is 15.3. The normalized spacial score (nSPS) is 26.1. The van der Waals surface area contributed by atoms with Crippen molar-refractivity contribution in [1.29, 1.82) is 0 Å². The third-order valence-electron chi connectivity index (χ3n) is 5.11. The zero-order valence-electron chi connectivity index (χ0n) is 13.9. The number of likely N-dealkylation sites (tertiary alicyclic amines) is 1. The van der Waals surface area contributed by atoms with Crippen LogP contribution < -0.4 is 14.4 Å². The van der Waals surface area contributed by atoms with E-state index in [1.54, 1.807) is 4.90 Å². The number of rotatable bonds is 2. The van der Waals surface area contributed by atoms with Crippen molar-refractivity contribution >= 4 is 17.5 Å². The van der Waals surface area contributed by atoms with E-state index >= 15 is 0 Å². The second-order valence-corrected chi connectivity index (χ2v) is 6.97. The van der Waals surface area contributed by atoms with Gasteiger partial charge in [0, 0.05) is 37.8 Å². The molecule has 6 heteroatoms. The fourth-order valence-corrected chi connectivity index (χ4v) is 3.82. The second kappa shape index (κ2) is 6.00. The maximum atomic E-state index is 12.8. The lowest BCUT2D eigenvalue weighted by atomic mass is 9.98. The predicted octanol–water partition coefficient (Wildman–Crippen LogP) is 2.03. The van der Waals surface area contributed by atoms with Crippen molar-refractivity contribution < 1.29 is 19.1 Å². The van der Waals surface area contributed by atoms with Gasteiger partial charge in [0.1, 0.15) is 0 Å². The summed E-state index contributed by atoms with van der Waals surface area (Å²) in [5.74, 6) is 1.77. The number of fused-ring (bicyclic) bond motifs is 1. The molecule has 6 nitrogen and oxygen atoms in total. The molecule has 0 bridgehead atoms. The van der Waals surface area contributed by atoms with E-state index in [9.17, 15) is 9.59 Å². The van der Waals surface area contributed by atoms with E-state index in [0.717, 1.165) is 25.2 Å². The first-order chi connectivity index (χ1) is 11.6. The van der Waals surface area contributed by atoms with Gasteiger partial charge in [-0.2, -0.15) is 0 Å². The molecule has 0 N–H and O–H groups in total. The molecule has 3 heterocycles. The SMILES string of the molecule is CC1CCCN(C(=O)C2CC(=O)N(c3ccc4c(c3)OCO4)C2)C1. The average Bonchev–Trinajstić information content (AvgIpc) is 3.19. The molecule has 24 heavy (non-hydrogen) atoms. The fourth-order valence-electron chi connectivity index (χ4n) is 3.82. The topological polar surface area (TPSA) is 59.1 Å². The Bertz CT molecular complexity index is 675. The predicted molar refractivity (Wildman–Crippen MR) is 88.0 cm³/mol. The molecule has 0 saturated carbocycles. The molecule has 0 aromatic heterocycles. The number of carbonyl (C=O) groups excluding carboxylic acids is 2. The standard InChI is InChI=1S/C18H22N2O4/c1-12-3-2-6-19(9-12)18(22)13-7-17(21)20(10-13)14-4-5-15-16(8-14)24-11-23-15/h4-5,8,12-13H,2-3,6-7,9-11H2,1H3. The van der Waals surface area contributed by atoms with Crippen LogP contribution in [0.2, 0.25) is 0 Å². The summed E-state index contributed by atoms with van der Waals surface area (Å²) in [5, 5.41) is 0. The molecule has 2 amide bonds. The largest absolute Gasteiger partial charge is 0.454 e. The minimum Gasteiger partial charge on any atom is -0.454 e. The highest BCUT2D eigenvalue weighted by molar-refractivity contribution is 6.00. The smallest absolute Gasteiger partial charge is 0.231 e. The number of hydrogen-bond acceptors (Lipinski definition) is 4. The van der Waals surface area contributed by atoms with Gasteiger partial charge in [-0.1, -0.05) is 6.92 Å². The number of nitrogens with zero attached hydrogens (tertiary/aromatic N) is 2. The van der Waals surface area contributed by atoms with Crippen LogP contribution in [0.4, 0.5) is 5.69 Å². The van der Waals surface area contributed by atoms with Gasteiger partial charge in [-0.3, -0.25) is 9.59 Å². The van der Waals surface area contributed by atoms with Gasteiger partial charge < -0.3 is 19.3 Å². The number of ether oxygens (including phenoxy) is 2. The van der Waals surface area contributed by atoms with E-state index in [-0.39, 0.29) is 30.9 Å². The van der Waals surface area contributed by atoms with Crippen LogP contribution in [-0.2, 0) is 9.59 Å². The summed E-state index contributed by atoms with van der Waals surface area (Å²) in [7, 11) is 0. The molecule has 0 aliphatic carbocycles. The molecule has 0 spiro atoms. The van der Waals surface area contributed by atoms with Crippen LogP contribution in [0.15, 0.2) is 18.2 Å². The maximum Gasteiger partial charge on any atom is 0.231 e. The van der Waals surface area contributed by atoms with Crippen molar-refractivity contribution in [1.82, 2.24) is 4.90 Å². The minimum absolute atomic E-state index is 0.00252. The van der Waals surface area contributed by atoms with Crippen LogP contribution >= 0.6 is 0 Å². The van der Waals surface area contributed by atoms with Crippen molar-refractivity contribution in [3.05, 3.63) is 18.2 Å². The molecule has 2 unspecified atom stereocenters. The Kier molecular flexibility index (Phi) is 3.82. The van der Waals surface area contributed by atoms with E-state index < -0.39 is 0 Å². The van der Waals surface area contributed by atoms with Gasteiger partial charge in [0.25, 0.3) is 0 Å². The van der Waals surface area contributed by atoms with Crippen molar-refractivity contribution in [2.75, 3.05) is 31.3 Å². The summed E-state index contributed by atoms with van der Waals surface area (Å²) in [4.78, 5) is 28.8. The van der Waals surface area contributed by atoms with Crippen molar-refractivity contribution in [2.24, 2.45) is 11.8 Å². The summed E-state index contributed by atoms with van der Waals surface area (Å²) >= 11 is 0. The monoisotopic (exact) mass is 330 g/mol. The van der Waals surface area contributed by atoms with E-state index in [4.69, 9.17) is 9.47 Å². The zero-order chi connectivity index (χ0) is 16.7. The molecule has 3 aliphatic heterocycles. The number of amides is 2. The summed E-state index contributed by atoms with van der Waals surface area (Å²) in [6.07, 6.45) is 2.52. The number of piperidine rings is 1. The second-order valence-electron chi connectivity index (χ2n) is 6.97. The Morgan fingerprint density at radius 3 is 2.88 bits per heavy atom. The van der Waals surface area contributed by atoms with Crippen LogP contribution in [0.3, 0.4) is 0 Å². The van der Waals surface area contributed by atoms with Crippen molar-refractivity contribution in [2.45, 2.75) is 26.2 Å². The summed E-state index contributed by atoms with van der Waals surface area (Å²) < 4.78 is 10.7. The Balaban J connectivity index is 1.47. The molecule has 3 aliphatic rings. The van der Waals surface area contributed by atoms with E-state index in [1.165, 1.54) is 6.42 Å². The lowest BCUT2D eigenvalue weighted by Crippen LogP contribution is -2.43. The van der Waals surface area contributed by atoms with Crippen LogP contribution in [0.1, 0.15) is 26.2 Å². The molecule has 1 aromatic carbocycles. The lowest BCUT2D eigenvalue weighted by molar-refractivity contribution is -0.137. The molecule has 2 saturated heterocycles. The average molecular weight is 330 g/mol. The summed E-state index contributed by atoms with van der Waals surface area (Å²) in [6, 6.07) is 5.48. The molecule has 128 valence electrons. The molecule has 0 radical (unpaired) electrons. The summed E-state index contributed by atoms with van der Waals surface area (Å²) in [6.45, 7) is 4.47. The molecule has 2 fully saturated rings. The minimum atomic E-state index is -0.242. The first-order valence-electron chi connectivity index (χ1n) is 8.60. The third kappa shape index (κ3) is 2.70. The highest BCUT2D eigenvalue weighted by atomic mass is 16.7. The van der Waals surface area contributed by atoms with Crippen LogP contribution in [0.5, 0.6) is 11.5 Å². The fraction of sp³-hybridized carbons (Fsp3) is 0.556. The zero-order valence-corrected chi connectivity index (χ0v) is 13.9. The molecular weight excluding hydrogens is 308 g/mol. The van der Waals surface area contributed by atoms with Gasteiger partial charge in [-0.15, -0.1) is 0 Å². The first-order valence-corrected chi connectivity index (χ1v) is 8.60. The van der Waals surface area contributed by atoms with Crippen molar-refractivity contribution in [3.8, 4) is 11.5 Å². The highest BCUT2D eigenvalue weighted by Crippen LogP contribution is 2.37. The molecular formula is C18H22N2O4.